The third-order valence-corrected chi connectivity index (χ3v) is 3.95. The molecule has 0 saturated carbocycles. The second-order valence-electron chi connectivity index (χ2n) is 5.70. The molecule has 0 atom stereocenters. The first-order valence-corrected chi connectivity index (χ1v) is 7.73. The van der Waals surface area contributed by atoms with E-state index < -0.39 is 0 Å². The first kappa shape index (κ1) is 13.8. The van der Waals surface area contributed by atoms with Crippen LogP contribution in [0.5, 0.6) is 0 Å². The zero-order valence-corrected chi connectivity index (χ0v) is 13.2. The Balaban J connectivity index is 1.72. The molecule has 0 unspecified atom stereocenters. The Bertz CT molecular complexity index is 928. The van der Waals surface area contributed by atoms with Crippen LogP contribution in [0.2, 0.25) is 0 Å². The van der Waals surface area contributed by atoms with Crippen LogP contribution >= 0.6 is 0 Å². The zero-order valence-electron chi connectivity index (χ0n) is 13.2. The molecule has 6 heteroatoms. The minimum atomic E-state index is 0.857. The van der Waals surface area contributed by atoms with Crippen LogP contribution in [-0.2, 0) is 6.54 Å². The van der Waals surface area contributed by atoms with Gasteiger partial charge in [0.15, 0.2) is 5.65 Å². The highest BCUT2D eigenvalue weighted by molar-refractivity contribution is 6.01. The van der Waals surface area contributed by atoms with Gasteiger partial charge in [-0.25, -0.2) is 9.98 Å². The Morgan fingerprint density at radius 1 is 1.30 bits per heavy atom. The number of amidine groups is 1. The third-order valence-electron chi connectivity index (χ3n) is 3.95. The lowest BCUT2D eigenvalue weighted by atomic mass is 10.2. The normalized spacial score (nSPS) is 14.2. The van der Waals surface area contributed by atoms with Crippen molar-refractivity contribution in [2.45, 2.75) is 26.8 Å². The molecule has 1 N–H and O–H groups in total. The number of aliphatic imine (C=N–C) groups is 1. The number of aryl methyl sites for hydroxylation is 1. The van der Waals surface area contributed by atoms with E-state index in [1.54, 1.807) is 0 Å². The van der Waals surface area contributed by atoms with Crippen LogP contribution in [0, 0.1) is 0 Å². The van der Waals surface area contributed by atoms with Gasteiger partial charge in [0.25, 0.3) is 0 Å². The lowest BCUT2D eigenvalue weighted by Crippen LogP contribution is -2.10. The smallest absolute Gasteiger partial charge is 0.161 e. The van der Waals surface area contributed by atoms with Crippen molar-refractivity contribution in [3.63, 3.8) is 0 Å². The number of hydrogen-bond acceptors (Lipinski definition) is 4. The van der Waals surface area contributed by atoms with Crippen molar-refractivity contribution in [1.29, 1.82) is 0 Å². The largest absolute Gasteiger partial charge is 0.340 e. The van der Waals surface area contributed by atoms with E-state index in [-0.39, 0.29) is 0 Å². The number of nitrogens with zero attached hydrogens (tertiary/aromatic N) is 5. The van der Waals surface area contributed by atoms with Crippen molar-refractivity contribution in [3.8, 4) is 11.3 Å². The van der Waals surface area contributed by atoms with Gasteiger partial charge < -0.3 is 5.32 Å². The molecule has 3 aromatic heterocycles. The van der Waals surface area contributed by atoms with E-state index in [0.29, 0.717) is 0 Å². The summed E-state index contributed by atoms with van der Waals surface area (Å²) in [7, 11) is 0. The lowest BCUT2D eigenvalue weighted by molar-refractivity contribution is 0.660. The molecule has 3 aromatic rings. The molecule has 1 aliphatic heterocycles. The molecule has 0 spiro atoms. The van der Waals surface area contributed by atoms with Crippen molar-refractivity contribution in [2.75, 3.05) is 5.32 Å². The fourth-order valence-corrected chi connectivity index (χ4v) is 2.77. The van der Waals surface area contributed by atoms with Gasteiger partial charge in [0, 0.05) is 37.1 Å². The highest BCUT2D eigenvalue weighted by atomic mass is 15.3. The predicted molar refractivity (Wildman–Crippen MR) is 91.5 cm³/mol. The maximum atomic E-state index is 4.58. The fourth-order valence-electron chi connectivity index (χ4n) is 2.77. The molecule has 116 valence electrons. The van der Waals surface area contributed by atoms with Gasteiger partial charge in [-0.1, -0.05) is 0 Å². The number of nitrogens with one attached hydrogen (secondary N) is 1. The van der Waals surface area contributed by atoms with Gasteiger partial charge >= 0.3 is 0 Å². The monoisotopic (exact) mass is 306 g/mol. The molecule has 1 aliphatic rings. The summed E-state index contributed by atoms with van der Waals surface area (Å²) in [4.78, 5) is 8.97. The first-order chi connectivity index (χ1) is 11.2. The van der Waals surface area contributed by atoms with Crippen molar-refractivity contribution in [2.24, 2.45) is 4.99 Å². The summed E-state index contributed by atoms with van der Waals surface area (Å²) in [5, 5.41) is 7.73. The van der Waals surface area contributed by atoms with Gasteiger partial charge in [0.05, 0.1) is 23.8 Å². The van der Waals surface area contributed by atoms with Crippen LogP contribution in [0.1, 0.15) is 20.3 Å². The number of pyridine rings is 1. The van der Waals surface area contributed by atoms with E-state index in [1.165, 1.54) is 5.57 Å². The summed E-state index contributed by atoms with van der Waals surface area (Å²) in [6.45, 7) is 5.01. The Morgan fingerprint density at radius 2 is 2.22 bits per heavy atom. The maximum Gasteiger partial charge on any atom is 0.161 e. The van der Waals surface area contributed by atoms with Gasteiger partial charge in [0.1, 0.15) is 5.84 Å². The number of rotatable bonds is 3. The standard InChI is InChI=1S/C17H18N6/c1-3-22-11-13(9-20-22)15-10-19-17-14(5-4-6-23(15)17)21-16-7-12(2)8-18-16/h4-6,8-11H,3,7H2,1-2H3,(H,18,21). The van der Waals surface area contributed by atoms with E-state index in [2.05, 4.69) is 38.6 Å². The molecule has 0 aromatic carbocycles. The summed E-state index contributed by atoms with van der Waals surface area (Å²) in [5.41, 5.74) is 5.20. The Morgan fingerprint density at radius 3 is 2.96 bits per heavy atom. The first-order valence-electron chi connectivity index (χ1n) is 7.73. The van der Waals surface area contributed by atoms with Crippen LogP contribution < -0.4 is 5.32 Å². The molecule has 0 aliphatic carbocycles. The summed E-state index contributed by atoms with van der Waals surface area (Å²) in [6.07, 6.45) is 10.6. The average molecular weight is 306 g/mol. The van der Waals surface area contributed by atoms with E-state index in [1.807, 2.05) is 47.8 Å². The summed E-state index contributed by atoms with van der Waals surface area (Å²) >= 11 is 0. The average Bonchev–Trinajstić information content (AvgIpc) is 3.26. The van der Waals surface area contributed by atoms with Crippen LogP contribution in [-0.4, -0.2) is 25.0 Å². The second kappa shape index (κ2) is 5.39. The highest BCUT2D eigenvalue weighted by Crippen LogP contribution is 2.25. The molecule has 0 radical (unpaired) electrons. The van der Waals surface area contributed by atoms with Gasteiger partial charge in [-0.3, -0.25) is 9.08 Å². The van der Waals surface area contributed by atoms with E-state index >= 15 is 0 Å². The summed E-state index contributed by atoms with van der Waals surface area (Å²) in [5.74, 6) is 0.957. The number of hydrogen-bond donors (Lipinski definition) is 1. The van der Waals surface area contributed by atoms with Crippen LogP contribution in [0.4, 0.5) is 5.69 Å². The van der Waals surface area contributed by atoms with Crippen LogP contribution in [0.15, 0.2) is 53.7 Å². The molecule has 0 saturated heterocycles. The number of aromatic nitrogens is 4. The van der Waals surface area contributed by atoms with E-state index in [9.17, 15) is 0 Å². The third kappa shape index (κ3) is 2.42. The molecule has 0 bridgehead atoms. The number of fused-ring (bicyclic) bond motifs is 1. The molecular formula is C17H18N6. The Hall–Kier alpha value is -2.89. The molecule has 6 nitrogen and oxygen atoms in total. The van der Waals surface area contributed by atoms with E-state index in [4.69, 9.17) is 0 Å². The molecule has 4 heterocycles. The Kier molecular flexibility index (Phi) is 3.22. The van der Waals surface area contributed by atoms with Gasteiger partial charge in [-0.15, -0.1) is 0 Å². The molecule has 23 heavy (non-hydrogen) atoms. The SMILES string of the molecule is CCn1cc(-c2cnc3c(NC4=NC=C(C)C4)cccn23)cn1. The topological polar surface area (TPSA) is 59.5 Å². The molecular weight excluding hydrogens is 288 g/mol. The fraction of sp³-hybridized carbons (Fsp3) is 0.235. The minimum absolute atomic E-state index is 0.857. The molecule has 0 fully saturated rings. The highest BCUT2D eigenvalue weighted by Gasteiger charge is 2.13. The van der Waals surface area contributed by atoms with Crippen LogP contribution in [0.3, 0.4) is 0 Å². The van der Waals surface area contributed by atoms with E-state index in [0.717, 1.165) is 41.4 Å². The molecule has 4 rings (SSSR count). The maximum absolute atomic E-state index is 4.58. The summed E-state index contributed by atoms with van der Waals surface area (Å²) < 4.78 is 3.99. The van der Waals surface area contributed by atoms with Crippen molar-refractivity contribution < 1.29 is 0 Å². The zero-order chi connectivity index (χ0) is 15.8. The summed E-state index contributed by atoms with van der Waals surface area (Å²) in [6, 6.07) is 4.04. The van der Waals surface area contributed by atoms with Crippen LogP contribution in [0.25, 0.3) is 16.9 Å². The van der Waals surface area contributed by atoms with Gasteiger partial charge in [0.2, 0.25) is 0 Å². The lowest BCUT2D eigenvalue weighted by Gasteiger charge is -2.08. The van der Waals surface area contributed by atoms with Crippen molar-refractivity contribution >= 4 is 17.2 Å². The Labute approximate surface area is 134 Å². The van der Waals surface area contributed by atoms with Gasteiger partial charge in [-0.2, -0.15) is 5.10 Å². The molecule has 0 amide bonds. The predicted octanol–water partition coefficient (Wildman–Crippen LogP) is 3.34. The number of anilines is 1. The second-order valence-corrected chi connectivity index (χ2v) is 5.70. The quantitative estimate of drug-likeness (QED) is 0.807. The number of imidazole rings is 1. The van der Waals surface area contributed by atoms with Gasteiger partial charge in [-0.05, 0) is 31.6 Å². The van der Waals surface area contributed by atoms with Crippen molar-refractivity contribution in [3.05, 3.63) is 48.7 Å². The van der Waals surface area contributed by atoms with Crippen molar-refractivity contribution in [1.82, 2.24) is 19.2 Å². The minimum Gasteiger partial charge on any atom is -0.340 e.